The Morgan fingerprint density at radius 3 is 2.77 bits per heavy atom. The molecule has 0 bridgehead atoms. The van der Waals surface area contributed by atoms with Gasteiger partial charge < -0.3 is 15.0 Å². The Morgan fingerprint density at radius 1 is 1.35 bits per heavy atom. The molecule has 1 aromatic carbocycles. The number of nitrogens with zero attached hydrogens (tertiary/aromatic N) is 3. The first-order valence-electron chi connectivity index (χ1n) is 8.13. The molecule has 0 radical (unpaired) electrons. The number of amides is 1. The number of carbonyl (C=O) groups is 1. The molecule has 3 aliphatic rings. The van der Waals surface area contributed by atoms with E-state index in [9.17, 15) is 14.9 Å². The quantitative estimate of drug-likeness (QED) is 0.503. The van der Waals surface area contributed by atoms with E-state index in [1.165, 1.54) is 19.1 Å². The van der Waals surface area contributed by atoms with Crippen molar-refractivity contribution in [3.63, 3.8) is 0 Å². The van der Waals surface area contributed by atoms with Gasteiger partial charge in [0, 0.05) is 25.3 Å². The van der Waals surface area contributed by atoms with Crippen molar-refractivity contribution in [2.45, 2.75) is 32.2 Å². The van der Waals surface area contributed by atoms with Gasteiger partial charge in [0.15, 0.2) is 0 Å². The van der Waals surface area contributed by atoms with Crippen LogP contribution in [0.15, 0.2) is 36.6 Å². The predicted molar refractivity (Wildman–Crippen MR) is 93.4 cm³/mol. The van der Waals surface area contributed by atoms with Gasteiger partial charge in [-0.25, -0.2) is 4.84 Å². The molecule has 0 aromatic heterocycles. The molecule has 1 saturated heterocycles. The summed E-state index contributed by atoms with van der Waals surface area (Å²) < 4.78 is 6.03. The van der Waals surface area contributed by atoms with Crippen molar-refractivity contribution in [3.8, 4) is 5.75 Å². The standard InChI is InChI=1S/C17H18N4O5/c1-11(22)18-12-8-15-14(9-13(12)21(23)24)19(10-16(2,3)25-15)17-6-4-5-7-20(17)26-17/h4-9H,10H2,1-3H3,(H,18,22). The number of ether oxygens (including phenoxy) is 1. The van der Waals surface area contributed by atoms with Gasteiger partial charge in [0.2, 0.25) is 5.91 Å². The van der Waals surface area contributed by atoms with Crippen molar-refractivity contribution in [1.82, 2.24) is 5.06 Å². The number of nitrogens with one attached hydrogen (secondary N) is 1. The summed E-state index contributed by atoms with van der Waals surface area (Å²) in [6, 6.07) is 2.91. The van der Waals surface area contributed by atoms with Gasteiger partial charge in [0.05, 0.1) is 17.2 Å². The molecule has 9 nitrogen and oxygen atoms in total. The van der Waals surface area contributed by atoms with Gasteiger partial charge in [-0.2, -0.15) is 5.06 Å². The third-order valence-electron chi connectivity index (χ3n) is 4.35. The Labute approximate surface area is 149 Å². The smallest absolute Gasteiger partial charge is 0.295 e. The van der Waals surface area contributed by atoms with Crippen LogP contribution in [0.25, 0.3) is 0 Å². The fraction of sp³-hybridized carbons (Fsp3) is 0.353. The second kappa shape index (κ2) is 5.21. The van der Waals surface area contributed by atoms with E-state index in [0.29, 0.717) is 18.0 Å². The van der Waals surface area contributed by atoms with E-state index < -0.39 is 22.3 Å². The number of hydroxylamine groups is 2. The Bertz CT molecular complexity index is 878. The summed E-state index contributed by atoms with van der Waals surface area (Å²) in [6.07, 6.45) is 7.39. The fourth-order valence-corrected chi connectivity index (χ4v) is 3.31. The van der Waals surface area contributed by atoms with Crippen LogP contribution in [0.3, 0.4) is 0 Å². The number of nitro benzene ring substituents is 1. The highest BCUT2D eigenvalue weighted by atomic mass is 16.9. The number of nitro groups is 1. The van der Waals surface area contributed by atoms with Crippen molar-refractivity contribution in [2.75, 3.05) is 16.8 Å². The van der Waals surface area contributed by atoms with E-state index >= 15 is 0 Å². The number of anilines is 2. The molecule has 0 aliphatic carbocycles. The van der Waals surface area contributed by atoms with Crippen LogP contribution in [0.5, 0.6) is 5.75 Å². The first-order chi connectivity index (χ1) is 12.2. The number of allylic oxidation sites excluding steroid dienone is 2. The molecular formula is C17H18N4O5. The fourth-order valence-electron chi connectivity index (χ4n) is 3.31. The van der Waals surface area contributed by atoms with Gasteiger partial charge in [-0.1, -0.05) is 6.08 Å². The minimum Gasteiger partial charge on any atom is -0.484 e. The molecule has 0 saturated carbocycles. The van der Waals surface area contributed by atoms with E-state index in [1.807, 2.05) is 37.0 Å². The van der Waals surface area contributed by atoms with Crippen molar-refractivity contribution in [1.29, 1.82) is 0 Å². The van der Waals surface area contributed by atoms with Crippen molar-refractivity contribution >= 4 is 23.0 Å². The maximum Gasteiger partial charge on any atom is 0.295 e. The molecule has 4 rings (SSSR count). The highest BCUT2D eigenvalue weighted by molar-refractivity contribution is 5.93. The number of fused-ring (bicyclic) bond motifs is 2. The Kier molecular flexibility index (Phi) is 3.29. The first-order valence-corrected chi connectivity index (χ1v) is 8.13. The molecule has 136 valence electrons. The van der Waals surface area contributed by atoms with E-state index in [1.54, 1.807) is 11.3 Å². The third-order valence-corrected chi connectivity index (χ3v) is 4.35. The molecule has 9 heteroatoms. The summed E-state index contributed by atoms with van der Waals surface area (Å²) in [5.74, 6) is -0.757. The summed E-state index contributed by atoms with van der Waals surface area (Å²) in [4.78, 5) is 30.1. The van der Waals surface area contributed by atoms with Crippen LogP contribution in [-0.2, 0) is 9.63 Å². The van der Waals surface area contributed by atoms with E-state index in [-0.39, 0.29) is 11.4 Å². The molecule has 3 aliphatic heterocycles. The zero-order valence-electron chi connectivity index (χ0n) is 14.6. The van der Waals surface area contributed by atoms with Crippen LogP contribution in [0.1, 0.15) is 20.8 Å². The van der Waals surface area contributed by atoms with Crippen molar-refractivity contribution < 1.29 is 19.3 Å². The first kappa shape index (κ1) is 16.4. The molecule has 26 heavy (non-hydrogen) atoms. The van der Waals surface area contributed by atoms with E-state index in [0.717, 1.165) is 0 Å². The molecule has 1 unspecified atom stereocenters. The lowest BCUT2D eigenvalue weighted by Crippen LogP contribution is -2.53. The number of rotatable bonds is 3. The monoisotopic (exact) mass is 358 g/mol. The second-order valence-corrected chi connectivity index (χ2v) is 7.00. The highest BCUT2D eigenvalue weighted by Crippen LogP contribution is 2.51. The number of carbonyl (C=O) groups excluding carboxylic acids is 1. The number of benzene rings is 1. The zero-order chi connectivity index (χ0) is 18.7. The van der Waals surface area contributed by atoms with Crippen LogP contribution in [-0.4, -0.2) is 33.9 Å². The van der Waals surface area contributed by atoms with Gasteiger partial charge in [0.1, 0.15) is 17.0 Å². The van der Waals surface area contributed by atoms with Gasteiger partial charge in [-0.05, 0) is 26.0 Å². The summed E-state index contributed by atoms with van der Waals surface area (Å²) in [6.45, 7) is 5.61. The summed E-state index contributed by atoms with van der Waals surface area (Å²) in [7, 11) is 0. The van der Waals surface area contributed by atoms with Crippen LogP contribution >= 0.6 is 0 Å². The third kappa shape index (κ3) is 2.48. The van der Waals surface area contributed by atoms with Gasteiger partial charge >= 0.3 is 0 Å². The van der Waals surface area contributed by atoms with E-state index in [2.05, 4.69) is 5.32 Å². The molecule has 1 aromatic rings. The number of hydrogen-bond donors (Lipinski definition) is 1. The SMILES string of the molecule is CC(=O)Nc1cc2c(cc1[N+](=O)[O-])N(C13C=CC=CN1O3)CC(C)(C)O2. The molecule has 1 atom stereocenters. The van der Waals surface area contributed by atoms with Gasteiger partial charge in [0.25, 0.3) is 11.5 Å². The summed E-state index contributed by atoms with van der Waals surface area (Å²) in [5, 5.41) is 15.7. The summed E-state index contributed by atoms with van der Waals surface area (Å²) in [5.41, 5.74) is -0.124. The zero-order valence-corrected chi connectivity index (χ0v) is 14.6. The topological polar surface area (TPSA) is 100 Å². The van der Waals surface area contributed by atoms with Crippen LogP contribution in [0, 0.1) is 10.1 Å². The average Bonchev–Trinajstić information content (AvgIpc) is 3.27. The van der Waals surface area contributed by atoms with Crippen LogP contribution < -0.4 is 15.0 Å². The molecule has 0 spiro atoms. The van der Waals surface area contributed by atoms with Crippen LogP contribution in [0.4, 0.5) is 17.1 Å². The Balaban J connectivity index is 1.85. The van der Waals surface area contributed by atoms with Crippen LogP contribution in [0.2, 0.25) is 0 Å². The largest absolute Gasteiger partial charge is 0.484 e. The minimum absolute atomic E-state index is 0.101. The minimum atomic E-state index is -0.812. The lowest BCUT2D eigenvalue weighted by atomic mass is 10.0. The summed E-state index contributed by atoms with van der Waals surface area (Å²) >= 11 is 0. The molecule has 3 heterocycles. The number of hydrogen-bond acceptors (Lipinski definition) is 7. The van der Waals surface area contributed by atoms with Crippen molar-refractivity contribution in [2.24, 2.45) is 0 Å². The predicted octanol–water partition coefficient (Wildman–Crippen LogP) is 2.52. The maximum absolute atomic E-state index is 11.5. The normalized spacial score (nSPS) is 24.4. The second-order valence-electron chi connectivity index (χ2n) is 7.00. The lowest BCUT2D eigenvalue weighted by Gasteiger charge is -2.42. The van der Waals surface area contributed by atoms with E-state index in [4.69, 9.17) is 9.57 Å². The van der Waals surface area contributed by atoms with Crippen molar-refractivity contribution in [3.05, 3.63) is 46.7 Å². The average molecular weight is 358 g/mol. The Hall–Kier alpha value is -3.07. The molecular weight excluding hydrogens is 340 g/mol. The maximum atomic E-state index is 11.5. The molecule has 1 fully saturated rings. The molecule has 1 amide bonds. The molecule has 1 N–H and O–H groups in total. The Morgan fingerprint density at radius 2 is 2.12 bits per heavy atom. The highest BCUT2D eigenvalue weighted by Gasteiger charge is 2.60. The lowest BCUT2D eigenvalue weighted by molar-refractivity contribution is -0.383. The van der Waals surface area contributed by atoms with Gasteiger partial charge in [-0.3, -0.25) is 14.9 Å². The van der Waals surface area contributed by atoms with Gasteiger partial charge in [-0.15, -0.1) is 0 Å².